The van der Waals surface area contributed by atoms with Crippen molar-refractivity contribution < 1.29 is 17.9 Å². The van der Waals surface area contributed by atoms with Gasteiger partial charge in [-0.15, -0.1) is 0 Å². The van der Waals surface area contributed by atoms with E-state index in [1.54, 1.807) is 41.3 Å². The van der Waals surface area contributed by atoms with E-state index in [4.69, 9.17) is 16.3 Å². The Morgan fingerprint density at radius 1 is 1.18 bits per heavy atom. The van der Waals surface area contributed by atoms with Crippen molar-refractivity contribution in [1.82, 2.24) is 14.8 Å². The maximum absolute atomic E-state index is 13.2. The minimum atomic E-state index is -3.64. The van der Waals surface area contributed by atoms with E-state index in [0.717, 1.165) is 4.70 Å². The zero-order valence-corrected chi connectivity index (χ0v) is 20.1. The number of carbonyl (C=O) groups excluding carboxylic acids is 1. The summed E-state index contributed by atoms with van der Waals surface area (Å²) < 4.78 is 33.2. The molecule has 0 atom stereocenters. The van der Waals surface area contributed by atoms with Gasteiger partial charge in [0.25, 0.3) is 0 Å². The summed E-state index contributed by atoms with van der Waals surface area (Å²) >= 11 is 7.60. The Labute approximate surface area is 200 Å². The lowest BCUT2D eigenvalue weighted by Crippen LogP contribution is -2.35. The van der Waals surface area contributed by atoms with Gasteiger partial charge < -0.3 is 4.74 Å². The van der Waals surface area contributed by atoms with Crippen molar-refractivity contribution in [2.45, 2.75) is 17.9 Å². The molecule has 2 aromatic heterocycles. The Morgan fingerprint density at radius 3 is 2.64 bits per heavy atom. The molecule has 0 radical (unpaired) electrons. The number of hydrogen-bond donors (Lipinski definition) is 0. The van der Waals surface area contributed by atoms with Crippen molar-refractivity contribution in [1.29, 1.82) is 0 Å². The molecule has 0 N–H and O–H groups in total. The standard InChI is InChI=1S/C22H21ClN4O4S2/c1-31-16-6-8-17(9-7-16)33(29,30)15-10-20(28)27(14-13-26-12-3-11-24-26)22-25-21-18(23)4-2-5-19(21)32-22/h2-9,11-12H,10,13-15H2,1H3. The molecule has 0 fully saturated rings. The van der Waals surface area contributed by atoms with E-state index in [1.165, 1.54) is 35.5 Å². The molecule has 8 nitrogen and oxygen atoms in total. The lowest BCUT2D eigenvalue weighted by Gasteiger charge is -2.20. The lowest BCUT2D eigenvalue weighted by molar-refractivity contribution is -0.118. The maximum atomic E-state index is 13.2. The van der Waals surface area contributed by atoms with Gasteiger partial charge >= 0.3 is 0 Å². The summed E-state index contributed by atoms with van der Waals surface area (Å²) in [7, 11) is -2.14. The number of carbonyl (C=O) groups is 1. The minimum Gasteiger partial charge on any atom is -0.497 e. The highest BCUT2D eigenvalue weighted by molar-refractivity contribution is 7.91. The van der Waals surface area contributed by atoms with Gasteiger partial charge in [-0.2, -0.15) is 5.10 Å². The molecule has 0 aliphatic rings. The predicted molar refractivity (Wildman–Crippen MR) is 129 cm³/mol. The number of hydrogen-bond acceptors (Lipinski definition) is 7. The van der Waals surface area contributed by atoms with Crippen molar-refractivity contribution in [3.8, 4) is 5.75 Å². The summed E-state index contributed by atoms with van der Waals surface area (Å²) in [6, 6.07) is 13.4. The van der Waals surface area contributed by atoms with Crippen LogP contribution in [-0.4, -0.2) is 48.5 Å². The number of aromatic nitrogens is 3. The average molecular weight is 505 g/mol. The van der Waals surface area contributed by atoms with E-state index in [1.807, 2.05) is 12.1 Å². The van der Waals surface area contributed by atoms with Crippen LogP contribution < -0.4 is 9.64 Å². The van der Waals surface area contributed by atoms with Crippen LogP contribution in [0, 0.1) is 0 Å². The lowest BCUT2D eigenvalue weighted by atomic mass is 10.3. The quantitative estimate of drug-likeness (QED) is 0.341. The van der Waals surface area contributed by atoms with Gasteiger partial charge in [-0.3, -0.25) is 14.4 Å². The normalized spacial score (nSPS) is 11.6. The topological polar surface area (TPSA) is 94.4 Å². The summed E-state index contributed by atoms with van der Waals surface area (Å²) in [6.45, 7) is 0.730. The Kier molecular flexibility index (Phi) is 6.96. The molecule has 172 valence electrons. The monoisotopic (exact) mass is 504 g/mol. The molecule has 0 aliphatic heterocycles. The molecule has 2 aromatic carbocycles. The van der Waals surface area contributed by atoms with Gasteiger partial charge in [-0.25, -0.2) is 13.4 Å². The second-order valence-corrected chi connectivity index (χ2v) is 10.7. The van der Waals surface area contributed by atoms with Gasteiger partial charge in [-0.1, -0.05) is 29.0 Å². The third-order valence-corrected chi connectivity index (χ3v) is 8.09. The van der Waals surface area contributed by atoms with Gasteiger partial charge in [0, 0.05) is 25.4 Å². The van der Waals surface area contributed by atoms with E-state index in [0.29, 0.717) is 34.5 Å². The molecule has 4 rings (SSSR count). The molecule has 0 spiro atoms. The number of halogens is 1. The van der Waals surface area contributed by atoms with Gasteiger partial charge in [0.2, 0.25) is 5.91 Å². The molecule has 0 saturated carbocycles. The number of benzene rings is 2. The number of thiazole rings is 1. The summed E-state index contributed by atoms with van der Waals surface area (Å²) in [5.41, 5.74) is 0.613. The predicted octanol–water partition coefficient (Wildman–Crippen LogP) is 4.05. The van der Waals surface area contributed by atoms with Gasteiger partial charge in [0.05, 0.1) is 34.0 Å². The Morgan fingerprint density at radius 2 is 1.97 bits per heavy atom. The number of rotatable bonds is 9. The molecule has 1 amide bonds. The summed E-state index contributed by atoms with van der Waals surface area (Å²) in [5.74, 6) is -0.0963. The average Bonchev–Trinajstić information content (AvgIpc) is 3.49. The molecule has 2 heterocycles. The highest BCUT2D eigenvalue weighted by Crippen LogP contribution is 2.33. The Balaban J connectivity index is 1.54. The largest absolute Gasteiger partial charge is 0.497 e. The third kappa shape index (κ3) is 5.35. The Hall–Kier alpha value is -2.95. The zero-order chi connectivity index (χ0) is 23.4. The Bertz CT molecular complexity index is 1350. The van der Waals surface area contributed by atoms with E-state index in [2.05, 4.69) is 10.1 Å². The van der Waals surface area contributed by atoms with Crippen LogP contribution in [0.5, 0.6) is 5.75 Å². The fourth-order valence-electron chi connectivity index (χ4n) is 3.24. The van der Waals surface area contributed by atoms with E-state index >= 15 is 0 Å². The van der Waals surface area contributed by atoms with E-state index in [9.17, 15) is 13.2 Å². The van der Waals surface area contributed by atoms with Crippen LogP contribution in [0.25, 0.3) is 10.2 Å². The molecule has 0 saturated heterocycles. The number of amides is 1. The summed E-state index contributed by atoms with van der Waals surface area (Å²) in [4.78, 5) is 19.4. The molecular weight excluding hydrogens is 484 g/mol. The number of methoxy groups -OCH3 is 1. The van der Waals surface area contributed by atoms with Crippen LogP contribution in [0.15, 0.2) is 65.8 Å². The first-order valence-electron chi connectivity index (χ1n) is 10.1. The van der Waals surface area contributed by atoms with Crippen LogP contribution in [0.3, 0.4) is 0 Å². The van der Waals surface area contributed by atoms with Gasteiger partial charge in [-0.05, 0) is 42.5 Å². The number of sulfone groups is 1. The fourth-order valence-corrected chi connectivity index (χ4v) is 5.78. The van der Waals surface area contributed by atoms with Gasteiger partial charge in [0.15, 0.2) is 15.0 Å². The smallest absolute Gasteiger partial charge is 0.229 e. The first-order chi connectivity index (χ1) is 15.9. The molecule has 4 aromatic rings. The first kappa shape index (κ1) is 23.2. The molecule has 11 heteroatoms. The molecule has 33 heavy (non-hydrogen) atoms. The van der Waals surface area contributed by atoms with Crippen LogP contribution in [-0.2, 0) is 21.2 Å². The van der Waals surface area contributed by atoms with Crippen LogP contribution in [0.2, 0.25) is 5.02 Å². The van der Waals surface area contributed by atoms with Crippen LogP contribution in [0.1, 0.15) is 6.42 Å². The number of nitrogens with zero attached hydrogens (tertiary/aromatic N) is 4. The van der Waals surface area contributed by atoms with E-state index < -0.39 is 9.84 Å². The maximum Gasteiger partial charge on any atom is 0.229 e. The van der Waals surface area contributed by atoms with Crippen molar-refractivity contribution >= 4 is 54.0 Å². The van der Waals surface area contributed by atoms with Crippen LogP contribution >= 0.6 is 22.9 Å². The highest BCUT2D eigenvalue weighted by Gasteiger charge is 2.24. The first-order valence-corrected chi connectivity index (χ1v) is 12.9. The second kappa shape index (κ2) is 9.90. The van der Waals surface area contributed by atoms with E-state index in [-0.39, 0.29) is 23.0 Å². The zero-order valence-electron chi connectivity index (χ0n) is 17.7. The van der Waals surface area contributed by atoms with Crippen molar-refractivity contribution in [3.63, 3.8) is 0 Å². The van der Waals surface area contributed by atoms with Crippen molar-refractivity contribution in [2.24, 2.45) is 0 Å². The summed E-state index contributed by atoms with van der Waals surface area (Å²) in [5, 5.41) is 5.14. The van der Waals surface area contributed by atoms with Gasteiger partial charge in [0.1, 0.15) is 11.3 Å². The second-order valence-electron chi connectivity index (χ2n) is 7.14. The SMILES string of the molecule is COc1ccc(S(=O)(=O)CCC(=O)N(CCn2cccn2)c2nc3c(Cl)cccc3s2)cc1. The summed E-state index contributed by atoms with van der Waals surface area (Å²) in [6.07, 6.45) is 3.27. The molecular formula is C22H21ClN4O4S2. The highest BCUT2D eigenvalue weighted by atomic mass is 35.5. The third-order valence-electron chi connectivity index (χ3n) is 5.01. The number of para-hydroxylation sites is 1. The number of fused-ring (bicyclic) bond motifs is 1. The fraction of sp³-hybridized carbons (Fsp3) is 0.227. The van der Waals surface area contributed by atoms with Crippen LogP contribution in [0.4, 0.5) is 5.13 Å². The molecule has 0 bridgehead atoms. The van der Waals surface area contributed by atoms with Crippen molar-refractivity contribution in [2.75, 3.05) is 24.3 Å². The number of anilines is 1. The minimum absolute atomic E-state index is 0.144. The molecule has 0 unspecified atom stereocenters. The van der Waals surface area contributed by atoms with Crippen molar-refractivity contribution in [3.05, 3.63) is 65.9 Å². The number of ether oxygens (including phenoxy) is 1. The molecule has 0 aliphatic carbocycles.